The average Bonchev–Trinajstić information content (AvgIpc) is 2.97. The monoisotopic (exact) mass is 295 g/mol. The molecule has 0 aromatic carbocycles. The van der Waals surface area contributed by atoms with E-state index >= 15 is 0 Å². The van der Waals surface area contributed by atoms with E-state index in [0.717, 1.165) is 19.4 Å². The lowest BCUT2D eigenvalue weighted by Gasteiger charge is -2.37. The molecule has 0 spiro atoms. The Morgan fingerprint density at radius 1 is 1.43 bits per heavy atom. The predicted molar refractivity (Wildman–Crippen MR) is 76.7 cm³/mol. The number of rotatable bonds is 3. The molecule has 2 aliphatic heterocycles. The third kappa shape index (κ3) is 2.74. The Hall–Kier alpha value is -1.27. The van der Waals surface area contributed by atoms with Crippen molar-refractivity contribution in [2.24, 2.45) is 5.92 Å². The Morgan fingerprint density at radius 3 is 3.05 bits per heavy atom. The number of halogens is 1. The summed E-state index contributed by atoms with van der Waals surface area (Å²) in [6, 6.07) is 0.0920. The minimum absolute atomic E-state index is 0.0284. The zero-order chi connectivity index (χ0) is 14.8. The molecule has 2 saturated heterocycles. The maximum absolute atomic E-state index is 14.5. The van der Waals surface area contributed by atoms with Crippen LogP contribution in [0, 0.1) is 11.7 Å². The van der Waals surface area contributed by atoms with Crippen LogP contribution in [0.5, 0.6) is 0 Å². The van der Waals surface area contributed by atoms with Crippen LogP contribution in [-0.4, -0.2) is 47.0 Å². The molecule has 1 aromatic heterocycles. The highest BCUT2D eigenvalue weighted by atomic mass is 19.1. The van der Waals surface area contributed by atoms with Gasteiger partial charge in [-0.2, -0.15) is 0 Å². The fourth-order valence-electron chi connectivity index (χ4n) is 3.46. The molecule has 3 heterocycles. The molecule has 0 radical (unpaired) electrons. The van der Waals surface area contributed by atoms with Crippen molar-refractivity contribution >= 4 is 5.82 Å². The molecule has 0 aliphatic carbocycles. The molecule has 1 N–H and O–H groups in total. The molecule has 0 bridgehead atoms. The van der Waals surface area contributed by atoms with E-state index in [1.807, 2.05) is 11.8 Å². The fourth-order valence-corrected chi connectivity index (χ4v) is 3.46. The normalized spacial score (nSPS) is 29.9. The second-order valence-corrected chi connectivity index (χ2v) is 5.81. The van der Waals surface area contributed by atoms with Crippen molar-refractivity contribution in [3.63, 3.8) is 0 Å². The third-order valence-electron chi connectivity index (χ3n) is 4.61. The third-order valence-corrected chi connectivity index (χ3v) is 4.61. The van der Waals surface area contributed by atoms with Crippen molar-refractivity contribution in [3.05, 3.63) is 17.8 Å². The molecular weight excluding hydrogens is 273 g/mol. The van der Waals surface area contributed by atoms with E-state index in [1.54, 1.807) is 0 Å². The summed E-state index contributed by atoms with van der Waals surface area (Å²) in [5, 5.41) is 10.2. The predicted octanol–water partition coefficient (Wildman–Crippen LogP) is 1.54. The van der Waals surface area contributed by atoms with E-state index in [2.05, 4.69) is 9.97 Å². The van der Waals surface area contributed by atoms with Crippen molar-refractivity contribution in [2.45, 2.75) is 44.8 Å². The van der Waals surface area contributed by atoms with Gasteiger partial charge in [-0.25, -0.2) is 14.4 Å². The number of anilines is 1. The number of aryl methyl sites for hydroxylation is 1. The minimum atomic E-state index is -0.375. The van der Waals surface area contributed by atoms with Crippen LogP contribution in [0.3, 0.4) is 0 Å². The topological polar surface area (TPSA) is 58.5 Å². The number of hydrogen-bond donors (Lipinski definition) is 1. The van der Waals surface area contributed by atoms with Gasteiger partial charge in [0.05, 0.1) is 18.4 Å². The number of aliphatic hydroxyl groups is 1. The smallest absolute Gasteiger partial charge is 0.187 e. The van der Waals surface area contributed by atoms with Gasteiger partial charge < -0.3 is 14.7 Å². The summed E-state index contributed by atoms with van der Waals surface area (Å²) in [5.41, 5.74) is 0.450. The van der Waals surface area contributed by atoms with E-state index in [4.69, 9.17) is 4.74 Å². The van der Waals surface area contributed by atoms with Crippen molar-refractivity contribution in [3.8, 4) is 0 Å². The number of hydrogen-bond acceptors (Lipinski definition) is 5. The fraction of sp³-hybridized carbons (Fsp3) is 0.733. The Balaban J connectivity index is 1.87. The van der Waals surface area contributed by atoms with Gasteiger partial charge >= 0.3 is 0 Å². The molecule has 3 rings (SSSR count). The zero-order valence-electron chi connectivity index (χ0n) is 12.3. The number of aromatic nitrogens is 2. The van der Waals surface area contributed by atoms with Crippen LogP contribution in [0.2, 0.25) is 0 Å². The molecule has 0 amide bonds. The van der Waals surface area contributed by atoms with E-state index in [-0.39, 0.29) is 23.9 Å². The quantitative estimate of drug-likeness (QED) is 0.917. The summed E-state index contributed by atoms with van der Waals surface area (Å²) in [7, 11) is 0. The van der Waals surface area contributed by atoms with Gasteiger partial charge in [-0.3, -0.25) is 0 Å². The second-order valence-electron chi connectivity index (χ2n) is 5.81. The van der Waals surface area contributed by atoms with Crippen molar-refractivity contribution < 1.29 is 14.2 Å². The van der Waals surface area contributed by atoms with Crippen molar-refractivity contribution in [1.82, 2.24) is 9.97 Å². The van der Waals surface area contributed by atoms with Gasteiger partial charge in [-0.05, 0) is 25.7 Å². The summed E-state index contributed by atoms with van der Waals surface area (Å²) < 4.78 is 20.0. The molecule has 5 nitrogen and oxygen atoms in total. The first-order valence-corrected chi connectivity index (χ1v) is 7.74. The molecule has 2 fully saturated rings. The lowest BCUT2D eigenvalue weighted by atomic mass is 9.89. The molecule has 0 unspecified atom stereocenters. The maximum atomic E-state index is 14.5. The van der Waals surface area contributed by atoms with Gasteiger partial charge in [0.1, 0.15) is 6.33 Å². The number of aliphatic hydroxyl groups excluding tert-OH is 1. The van der Waals surface area contributed by atoms with Crippen molar-refractivity contribution in [1.29, 1.82) is 0 Å². The summed E-state index contributed by atoms with van der Waals surface area (Å²) in [6.07, 6.45) is 4.19. The number of ether oxygens (including phenoxy) is 1. The first-order valence-electron chi connectivity index (χ1n) is 7.74. The van der Waals surface area contributed by atoms with E-state index in [9.17, 15) is 9.50 Å². The molecule has 6 heteroatoms. The van der Waals surface area contributed by atoms with Gasteiger partial charge in [0.15, 0.2) is 11.6 Å². The van der Waals surface area contributed by atoms with Crippen LogP contribution in [0.25, 0.3) is 0 Å². The zero-order valence-corrected chi connectivity index (χ0v) is 12.3. The molecular formula is C15H22FN3O2. The molecule has 21 heavy (non-hydrogen) atoms. The lowest BCUT2D eigenvalue weighted by Crippen LogP contribution is -2.46. The Kier molecular flexibility index (Phi) is 4.35. The van der Waals surface area contributed by atoms with Gasteiger partial charge in [0.25, 0.3) is 0 Å². The average molecular weight is 295 g/mol. The maximum Gasteiger partial charge on any atom is 0.187 e. The number of nitrogens with zero attached hydrogens (tertiary/aromatic N) is 3. The Labute approximate surface area is 124 Å². The highest BCUT2D eigenvalue weighted by Crippen LogP contribution is 2.34. The summed E-state index contributed by atoms with van der Waals surface area (Å²) in [4.78, 5) is 10.1. The van der Waals surface area contributed by atoms with Gasteiger partial charge in [-0.15, -0.1) is 0 Å². The molecule has 3 atom stereocenters. The first kappa shape index (κ1) is 14.7. The second kappa shape index (κ2) is 6.23. The van der Waals surface area contributed by atoms with Gasteiger partial charge in [0.2, 0.25) is 0 Å². The molecule has 2 aliphatic rings. The molecule has 0 saturated carbocycles. The molecule has 116 valence electrons. The summed E-state index contributed by atoms with van der Waals surface area (Å²) in [5.74, 6) is 0.0842. The highest BCUT2D eigenvalue weighted by Gasteiger charge is 2.39. The van der Waals surface area contributed by atoms with E-state index in [0.29, 0.717) is 37.6 Å². The summed E-state index contributed by atoms with van der Waals surface area (Å²) in [6.45, 7) is 3.79. The van der Waals surface area contributed by atoms with Crippen LogP contribution >= 0.6 is 0 Å². The SMILES string of the molecule is CCc1ncnc(N2CCC[C@@H]2[C@H]2COCC[C@H]2O)c1F. The highest BCUT2D eigenvalue weighted by molar-refractivity contribution is 5.43. The Morgan fingerprint density at radius 2 is 2.29 bits per heavy atom. The largest absolute Gasteiger partial charge is 0.393 e. The van der Waals surface area contributed by atoms with Crippen LogP contribution in [0.1, 0.15) is 31.9 Å². The van der Waals surface area contributed by atoms with Gasteiger partial charge in [-0.1, -0.05) is 6.92 Å². The van der Waals surface area contributed by atoms with Crippen LogP contribution in [0.15, 0.2) is 6.33 Å². The first-order chi connectivity index (χ1) is 10.2. The lowest BCUT2D eigenvalue weighted by molar-refractivity contribution is -0.0438. The van der Waals surface area contributed by atoms with Crippen LogP contribution in [0.4, 0.5) is 10.2 Å². The van der Waals surface area contributed by atoms with Crippen molar-refractivity contribution in [2.75, 3.05) is 24.7 Å². The Bertz CT molecular complexity index is 500. The van der Waals surface area contributed by atoms with Crippen LogP contribution < -0.4 is 4.90 Å². The van der Waals surface area contributed by atoms with Gasteiger partial charge in [0, 0.05) is 25.1 Å². The standard InChI is InChI=1S/C15H22FN3O2/c1-2-11-14(16)15(18-9-17-11)19-6-3-4-12(19)10-8-21-7-5-13(10)20/h9-10,12-13,20H,2-8H2,1H3/t10-,12-,13-/m1/s1. The van der Waals surface area contributed by atoms with Crippen LogP contribution in [-0.2, 0) is 11.2 Å². The summed E-state index contributed by atoms with van der Waals surface area (Å²) >= 11 is 0. The molecule has 1 aromatic rings. The van der Waals surface area contributed by atoms with E-state index in [1.165, 1.54) is 6.33 Å². The van der Waals surface area contributed by atoms with E-state index < -0.39 is 0 Å². The minimum Gasteiger partial charge on any atom is -0.393 e.